The van der Waals surface area contributed by atoms with Gasteiger partial charge in [-0.15, -0.1) is 35.3 Å². The highest BCUT2D eigenvalue weighted by Crippen LogP contribution is 2.34. The zero-order chi connectivity index (χ0) is 18.2. The van der Waals surface area contributed by atoms with Crippen molar-refractivity contribution in [3.63, 3.8) is 0 Å². The van der Waals surface area contributed by atoms with E-state index in [1.54, 1.807) is 0 Å². The fourth-order valence-electron chi connectivity index (χ4n) is 3.60. The second-order valence-electron chi connectivity index (χ2n) is 7.05. The quantitative estimate of drug-likeness (QED) is 0.337. The van der Waals surface area contributed by atoms with Gasteiger partial charge in [0.05, 0.1) is 11.5 Å². The van der Waals surface area contributed by atoms with Gasteiger partial charge in [-0.3, -0.25) is 4.99 Å². The van der Waals surface area contributed by atoms with Crippen molar-refractivity contribution in [2.45, 2.75) is 43.4 Å². The Hall–Kier alpha value is -0.190. The second-order valence-corrected chi connectivity index (χ2v) is 9.25. The van der Waals surface area contributed by atoms with Crippen molar-refractivity contribution in [2.75, 3.05) is 50.5 Å². The molecule has 0 atom stereocenters. The number of hydrogen-bond acceptors (Lipinski definition) is 5. The van der Waals surface area contributed by atoms with Crippen molar-refractivity contribution in [2.24, 2.45) is 4.99 Å². The van der Waals surface area contributed by atoms with Gasteiger partial charge in [0.2, 0.25) is 0 Å². The van der Waals surface area contributed by atoms with E-state index in [4.69, 9.17) is 9.73 Å². The molecule has 0 aromatic carbocycles. The summed E-state index contributed by atoms with van der Waals surface area (Å²) in [4.78, 5) is 7.45. The van der Waals surface area contributed by atoms with Crippen LogP contribution < -0.4 is 15.5 Å². The lowest BCUT2D eigenvalue weighted by atomic mass is 9.99. The Kier molecular flexibility index (Phi) is 10.0. The van der Waals surface area contributed by atoms with Crippen LogP contribution in [0.5, 0.6) is 0 Å². The third-order valence-electron chi connectivity index (χ3n) is 5.36. The molecule has 2 aliphatic rings. The van der Waals surface area contributed by atoms with E-state index >= 15 is 0 Å². The monoisotopic (exact) mass is 524 g/mol. The van der Waals surface area contributed by atoms with Crippen LogP contribution in [0.1, 0.15) is 32.6 Å². The summed E-state index contributed by atoms with van der Waals surface area (Å²) in [5.41, 5.74) is 0. The predicted octanol–water partition coefficient (Wildman–Crippen LogP) is 3.80. The van der Waals surface area contributed by atoms with E-state index in [9.17, 15) is 0 Å². The first-order chi connectivity index (χ1) is 12.7. The summed E-state index contributed by atoms with van der Waals surface area (Å²) in [5.74, 6) is 0.974. The number of rotatable bonds is 6. The van der Waals surface area contributed by atoms with Gasteiger partial charge in [0.15, 0.2) is 5.96 Å². The van der Waals surface area contributed by atoms with Crippen LogP contribution in [-0.4, -0.2) is 62.4 Å². The Bertz CT molecular complexity index is 556. The number of nitrogens with one attached hydrogen (secondary N) is 2. The van der Waals surface area contributed by atoms with E-state index < -0.39 is 0 Å². The number of ether oxygens (including phenoxy) is 1. The number of hydrogen-bond donors (Lipinski definition) is 2. The Balaban J connectivity index is 0.00000261. The number of aliphatic imine (C=N–C) groups is 1. The lowest BCUT2D eigenvalue weighted by Gasteiger charge is -2.35. The van der Waals surface area contributed by atoms with Crippen LogP contribution >= 0.6 is 47.1 Å². The summed E-state index contributed by atoms with van der Waals surface area (Å²) >= 11 is 3.79. The molecule has 0 radical (unpaired) electrons. The zero-order valence-electron chi connectivity index (χ0n) is 16.4. The minimum atomic E-state index is 0. The topological polar surface area (TPSA) is 48.9 Å². The predicted molar refractivity (Wildman–Crippen MR) is 130 cm³/mol. The SMILES string of the molecule is CCNC(=NCC1(SC)CCOCC1)NC1CCN(c2cccs2)CC1.I. The molecular formula is C19H33IN4OS2. The van der Waals surface area contributed by atoms with Gasteiger partial charge in [0.25, 0.3) is 0 Å². The summed E-state index contributed by atoms with van der Waals surface area (Å²) in [7, 11) is 0. The molecule has 2 aliphatic heterocycles. The Morgan fingerprint density at radius 2 is 2.11 bits per heavy atom. The van der Waals surface area contributed by atoms with Crippen LogP contribution in [-0.2, 0) is 4.74 Å². The molecule has 154 valence electrons. The molecule has 0 saturated carbocycles. The molecule has 2 saturated heterocycles. The molecule has 3 rings (SSSR count). The lowest BCUT2D eigenvalue weighted by Crippen LogP contribution is -2.49. The summed E-state index contributed by atoms with van der Waals surface area (Å²) in [6.45, 7) is 7.85. The first kappa shape index (κ1) is 23.1. The number of piperidine rings is 1. The van der Waals surface area contributed by atoms with Gasteiger partial charge in [-0.25, -0.2) is 0 Å². The Morgan fingerprint density at radius 1 is 1.37 bits per heavy atom. The van der Waals surface area contributed by atoms with Crippen molar-refractivity contribution in [3.8, 4) is 0 Å². The zero-order valence-corrected chi connectivity index (χ0v) is 20.4. The van der Waals surface area contributed by atoms with Gasteiger partial charge >= 0.3 is 0 Å². The third-order valence-corrected chi connectivity index (χ3v) is 7.69. The minimum absolute atomic E-state index is 0. The first-order valence-electron chi connectivity index (χ1n) is 9.71. The highest BCUT2D eigenvalue weighted by atomic mass is 127. The molecule has 27 heavy (non-hydrogen) atoms. The summed E-state index contributed by atoms with van der Waals surface area (Å²) in [6.07, 6.45) is 6.71. The molecule has 0 spiro atoms. The molecule has 2 N–H and O–H groups in total. The van der Waals surface area contributed by atoms with Crippen LogP contribution in [0.4, 0.5) is 5.00 Å². The highest BCUT2D eigenvalue weighted by molar-refractivity contribution is 14.0. The number of guanidine groups is 1. The van der Waals surface area contributed by atoms with Crippen molar-refractivity contribution in [1.29, 1.82) is 0 Å². The van der Waals surface area contributed by atoms with E-state index in [-0.39, 0.29) is 28.7 Å². The Labute approximate surface area is 189 Å². The molecule has 1 aromatic heterocycles. The average molecular weight is 525 g/mol. The maximum atomic E-state index is 5.55. The maximum absolute atomic E-state index is 5.55. The van der Waals surface area contributed by atoms with Gasteiger partial charge in [-0.2, -0.15) is 11.8 Å². The number of anilines is 1. The molecule has 2 fully saturated rings. The second kappa shape index (κ2) is 11.7. The van der Waals surface area contributed by atoms with E-state index in [0.717, 1.165) is 71.0 Å². The Morgan fingerprint density at radius 3 is 2.70 bits per heavy atom. The van der Waals surface area contributed by atoms with E-state index in [0.29, 0.717) is 6.04 Å². The number of halogens is 1. The third kappa shape index (κ3) is 6.68. The fraction of sp³-hybridized carbons (Fsp3) is 0.737. The van der Waals surface area contributed by atoms with Crippen molar-refractivity contribution in [1.82, 2.24) is 10.6 Å². The molecule has 8 heteroatoms. The van der Waals surface area contributed by atoms with E-state index in [1.165, 1.54) is 5.00 Å². The largest absolute Gasteiger partial charge is 0.381 e. The normalized spacial score (nSPS) is 20.8. The smallest absolute Gasteiger partial charge is 0.191 e. The van der Waals surface area contributed by atoms with Gasteiger partial charge in [0, 0.05) is 43.6 Å². The number of nitrogens with zero attached hydrogens (tertiary/aromatic N) is 2. The van der Waals surface area contributed by atoms with E-state index in [2.05, 4.69) is 46.2 Å². The fourth-order valence-corrected chi connectivity index (χ4v) is 5.15. The van der Waals surface area contributed by atoms with Crippen molar-refractivity contribution >= 4 is 58.0 Å². The molecule has 0 unspecified atom stereocenters. The minimum Gasteiger partial charge on any atom is -0.381 e. The molecular weight excluding hydrogens is 491 g/mol. The highest BCUT2D eigenvalue weighted by Gasteiger charge is 2.31. The first-order valence-corrected chi connectivity index (χ1v) is 11.8. The molecule has 1 aromatic rings. The van der Waals surface area contributed by atoms with Crippen molar-refractivity contribution in [3.05, 3.63) is 17.5 Å². The lowest BCUT2D eigenvalue weighted by molar-refractivity contribution is 0.0794. The van der Waals surface area contributed by atoms with Crippen LogP contribution in [0.25, 0.3) is 0 Å². The van der Waals surface area contributed by atoms with Crippen LogP contribution in [0.15, 0.2) is 22.5 Å². The molecule has 0 amide bonds. The number of thiophene rings is 1. The van der Waals surface area contributed by atoms with Crippen LogP contribution in [0.3, 0.4) is 0 Å². The average Bonchev–Trinajstić information content (AvgIpc) is 3.22. The number of thioether (sulfide) groups is 1. The maximum Gasteiger partial charge on any atom is 0.191 e. The van der Waals surface area contributed by atoms with Crippen molar-refractivity contribution < 1.29 is 4.74 Å². The van der Waals surface area contributed by atoms with Gasteiger partial charge in [0.1, 0.15) is 0 Å². The van der Waals surface area contributed by atoms with Crippen LogP contribution in [0, 0.1) is 0 Å². The molecule has 3 heterocycles. The molecule has 5 nitrogen and oxygen atoms in total. The van der Waals surface area contributed by atoms with Gasteiger partial charge in [-0.05, 0) is 56.4 Å². The van der Waals surface area contributed by atoms with Crippen LogP contribution in [0.2, 0.25) is 0 Å². The molecule has 0 bridgehead atoms. The standard InChI is InChI=1S/C19H32N4OS2.HI/c1-3-20-18(21-15-19(25-2)8-12-24-13-9-19)22-16-6-10-23(11-7-16)17-5-4-14-26-17;/h4-5,14,16H,3,6-13,15H2,1-2H3,(H2,20,21,22);1H. The summed E-state index contributed by atoms with van der Waals surface area (Å²) in [5, 5.41) is 10.7. The summed E-state index contributed by atoms with van der Waals surface area (Å²) < 4.78 is 5.79. The van der Waals surface area contributed by atoms with E-state index in [1.807, 2.05) is 23.1 Å². The van der Waals surface area contributed by atoms with Gasteiger partial charge < -0.3 is 20.3 Å². The van der Waals surface area contributed by atoms with Gasteiger partial charge in [-0.1, -0.05) is 0 Å². The summed E-state index contributed by atoms with van der Waals surface area (Å²) in [6, 6.07) is 4.86. The molecule has 0 aliphatic carbocycles.